The van der Waals surface area contributed by atoms with E-state index in [9.17, 15) is 8.78 Å². The summed E-state index contributed by atoms with van der Waals surface area (Å²) in [7, 11) is 0. The van der Waals surface area contributed by atoms with Gasteiger partial charge in [0.1, 0.15) is 5.82 Å². The van der Waals surface area contributed by atoms with Crippen LogP contribution < -0.4 is 5.32 Å². The molecule has 0 aliphatic rings. The van der Waals surface area contributed by atoms with Gasteiger partial charge in [0.05, 0.1) is 12.3 Å². The van der Waals surface area contributed by atoms with Crippen LogP contribution in [0.15, 0.2) is 12.3 Å². The molecule has 5 heteroatoms. The van der Waals surface area contributed by atoms with Crippen molar-refractivity contribution in [2.75, 3.05) is 11.9 Å². The summed E-state index contributed by atoms with van der Waals surface area (Å²) in [5.41, 5.74) is 0. The van der Waals surface area contributed by atoms with Gasteiger partial charge in [-0.05, 0) is 13.3 Å². The van der Waals surface area contributed by atoms with E-state index in [1.54, 1.807) is 6.92 Å². The molecule has 0 aromatic carbocycles. The lowest BCUT2D eigenvalue weighted by atomic mass is 10.3. The van der Waals surface area contributed by atoms with Crippen LogP contribution in [0, 0.1) is 11.6 Å². The number of rotatable bonds is 4. The Labute approximate surface area is 80.8 Å². The summed E-state index contributed by atoms with van der Waals surface area (Å²) in [4.78, 5) is 3.53. The standard InChI is InChI=1S/C9H12F2N2O/c1-6(14)2-3-12-9-8(11)4-7(10)5-13-9/h4-6,14H,2-3H2,1H3,(H,12,13). The lowest BCUT2D eigenvalue weighted by molar-refractivity contribution is 0.188. The fraction of sp³-hybridized carbons (Fsp3) is 0.444. The molecule has 1 unspecified atom stereocenters. The topological polar surface area (TPSA) is 45.1 Å². The van der Waals surface area contributed by atoms with Crippen molar-refractivity contribution < 1.29 is 13.9 Å². The molecule has 78 valence electrons. The molecule has 1 atom stereocenters. The van der Waals surface area contributed by atoms with Crippen LogP contribution in [0.1, 0.15) is 13.3 Å². The van der Waals surface area contributed by atoms with Crippen molar-refractivity contribution >= 4 is 5.82 Å². The highest BCUT2D eigenvalue weighted by Gasteiger charge is 2.04. The summed E-state index contributed by atoms with van der Waals surface area (Å²) in [6, 6.07) is 0.762. The molecule has 0 spiro atoms. The van der Waals surface area contributed by atoms with E-state index in [2.05, 4.69) is 10.3 Å². The fourth-order valence-electron chi connectivity index (χ4n) is 0.944. The third kappa shape index (κ3) is 3.26. The van der Waals surface area contributed by atoms with Gasteiger partial charge in [-0.1, -0.05) is 0 Å². The molecule has 1 aromatic rings. The highest BCUT2D eigenvalue weighted by Crippen LogP contribution is 2.10. The predicted octanol–water partition coefficient (Wildman–Crippen LogP) is 1.54. The molecule has 1 rings (SSSR count). The summed E-state index contributed by atoms with van der Waals surface area (Å²) in [6.45, 7) is 2.03. The predicted molar refractivity (Wildman–Crippen MR) is 48.9 cm³/mol. The van der Waals surface area contributed by atoms with E-state index in [0.29, 0.717) is 13.0 Å². The number of nitrogens with zero attached hydrogens (tertiary/aromatic N) is 1. The molecule has 0 radical (unpaired) electrons. The Kier molecular flexibility index (Phi) is 3.76. The van der Waals surface area contributed by atoms with Crippen LogP contribution in [0.2, 0.25) is 0 Å². The molecule has 0 amide bonds. The zero-order valence-electron chi connectivity index (χ0n) is 7.80. The number of halogens is 2. The molecule has 0 aliphatic carbocycles. The van der Waals surface area contributed by atoms with Crippen molar-refractivity contribution in [3.8, 4) is 0 Å². The van der Waals surface area contributed by atoms with E-state index < -0.39 is 17.7 Å². The van der Waals surface area contributed by atoms with Gasteiger partial charge < -0.3 is 10.4 Å². The van der Waals surface area contributed by atoms with E-state index in [4.69, 9.17) is 5.11 Å². The number of aliphatic hydroxyl groups is 1. The Morgan fingerprint density at radius 1 is 1.57 bits per heavy atom. The molecule has 1 aromatic heterocycles. The van der Waals surface area contributed by atoms with Gasteiger partial charge in [0.25, 0.3) is 0 Å². The van der Waals surface area contributed by atoms with Crippen molar-refractivity contribution in [2.45, 2.75) is 19.4 Å². The number of anilines is 1. The van der Waals surface area contributed by atoms with E-state index in [-0.39, 0.29) is 5.82 Å². The summed E-state index contributed by atoms with van der Waals surface area (Å²) >= 11 is 0. The second-order valence-electron chi connectivity index (χ2n) is 3.05. The van der Waals surface area contributed by atoms with Crippen LogP contribution in [0.3, 0.4) is 0 Å². The smallest absolute Gasteiger partial charge is 0.168 e. The van der Waals surface area contributed by atoms with Crippen molar-refractivity contribution in [1.29, 1.82) is 0 Å². The van der Waals surface area contributed by atoms with Gasteiger partial charge in [-0.25, -0.2) is 13.8 Å². The molecule has 0 saturated heterocycles. The van der Waals surface area contributed by atoms with Crippen molar-refractivity contribution in [2.24, 2.45) is 0 Å². The summed E-state index contributed by atoms with van der Waals surface area (Å²) in [5, 5.41) is 11.6. The highest BCUT2D eigenvalue weighted by atomic mass is 19.1. The van der Waals surface area contributed by atoms with E-state index in [1.165, 1.54) is 0 Å². The van der Waals surface area contributed by atoms with Crippen LogP contribution in [-0.4, -0.2) is 22.7 Å². The fourth-order valence-corrected chi connectivity index (χ4v) is 0.944. The number of nitrogens with one attached hydrogen (secondary N) is 1. The molecule has 3 nitrogen and oxygen atoms in total. The Morgan fingerprint density at radius 3 is 2.86 bits per heavy atom. The van der Waals surface area contributed by atoms with E-state index >= 15 is 0 Å². The first-order valence-electron chi connectivity index (χ1n) is 4.32. The minimum Gasteiger partial charge on any atom is -0.393 e. The van der Waals surface area contributed by atoms with Gasteiger partial charge in [0, 0.05) is 12.6 Å². The molecule has 0 fully saturated rings. The largest absolute Gasteiger partial charge is 0.393 e. The molecule has 0 aliphatic heterocycles. The Morgan fingerprint density at radius 2 is 2.29 bits per heavy atom. The molecule has 14 heavy (non-hydrogen) atoms. The van der Waals surface area contributed by atoms with Gasteiger partial charge >= 0.3 is 0 Å². The van der Waals surface area contributed by atoms with E-state index in [1.807, 2.05) is 0 Å². The highest BCUT2D eigenvalue weighted by molar-refractivity contribution is 5.35. The van der Waals surface area contributed by atoms with Crippen LogP contribution in [-0.2, 0) is 0 Å². The lowest BCUT2D eigenvalue weighted by Crippen LogP contribution is -2.11. The Balaban J connectivity index is 2.51. The summed E-state index contributed by atoms with van der Waals surface area (Å²) in [5.74, 6) is -1.42. The van der Waals surface area contributed by atoms with Gasteiger partial charge in [-0.3, -0.25) is 0 Å². The maximum Gasteiger partial charge on any atom is 0.168 e. The first-order chi connectivity index (χ1) is 6.59. The zero-order valence-corrected chi connectivity index (χ0v) is 7.80. The monoisotopic (exact) mass is 202 g/mol. The van der Waals surface area contributed by atoms with Crippen LogP contribution in [0.5, 0.6) is 0 Å². The van der Waals surface area contributed by atoms with Gasteiger partial charge in [0.15, 0.2) is 11.6 Å². The molecule has 0 saturated carbocycles. The quantitative estimate of drug-likeness (QED) is 0.778. The first kappa shape index (κ1) is 10.8. The van der Waals surface area contributed by atoms with E-state index in [0.717, 1.165) is 12.3 Å². The third-order valence-corrected chi connectivity index (χ3v) is 1.66. The summed E-state index contributed by atoms with van der Waals surface area (Å²) < 4.78 is 25.4. The first-order valence-corrected chi connectivity index (χ1v) is 4.32. The maximum atomic E-state index is 12.9. The van der Waals surface area contributed by atoms with Gasteiger partial charge in [0.2, 0.25) is 0 Å². The van der Waals surface area contributed by atoms with Crippen molar-refractivity contribution in [1.82, 2.24) is 4.98 Å². The van der Waals surface area contributed by atoms with Gasteiger partial charge in [-0.15, -0.1) is 0 Å². The second-order valence-corrected chi connectivity index (χ2v) is 3.05. The minimum absolute atomic E-state index is 0.00653. The Bertz CT molecular complexity index is 305. The normalized spacial score (nSPS) is 12.6. The SMILES string of the molecule is CC(O)CCNc1ncc(F)cc1F. The lowest BCUT2D eigenvalue weighted by Gasteiger charge is -2.07. The number of aromatic nitrogens is 1. The maximum absolute atomic E-state index is 12.9. The molecule has 1 heterocycles. The molecule has 0 bridgehead atoms. The second kappa shape index (κ2) is 4.85. The Hall–Kier alpha value is -1.23. The number of hydrogen-bond acceptors (Lipinski definition) is 3. The van der Waals surface area contributed by atoms with Gasteiger partial charge in [-0.2, -0.15) is 0 Å². The molecule has 2 N–H and O–H groups in total. The zero-order chi connectivity index (χ0) is 10.6. The van der Waals surface area contributed by atoms with Crippen LogP contribution in [0.25, 0.3) is 0 Å². The molecular formula is C9H12F2N2O. The average Bonchev–Trinajstić information content (AvgIpc) is 2.08. The minimum atomic E-state index is -0.726. The third-order valence-electron chi connectivity index (χ3n) is 1.66. The van der Waals surface area contributed by atoms with Crippen LogP contribution in [0.4, 0.5) is 14.6 Å². The number of aliphatic hydroxyl groups excluding tert-OH is 1. The summed E-state index contributed by atoms with van der Waals surface area (Å²) in [6.07, 6.45) is 0.970. The average molecular weight is 202 g/mol. The molecular weight excluding hydrogens is 190 g/mol. The van der Waals surface area contributed by atoms with Crippen molar-refractivity contribution in [3.05, 3.63) is 23.9 Å². The number of hydrogen-bond donors (Lipinski definition) is 2. The number of pyridine rings is 1. The van der Waals surface area contributed by atoms with Crippen LogP contribution >= 0.6 is 0 Å². The van der Waals surface area contributed by atoms with Crippen molar-refractivity contribution in [3.63, 3.8) is 0 Å².